The van der Waals surface area contributed by atoms with Crippen LogP contribution in [-0.2, 0) is 6.42 Å². The lowest BCUT2D eigenvalue weighted by Gasteiger charge is -2.30. The first-order valence-corrected chi connectivity index (χ1v) is 7.64. The molecule has 0 aliphatic rings. The lowest BCUT2D eigenvalue weighted by Crippen LogP contribution is -2.35. The van der Waals surface area contributed by atoms with Crippen LogP contribution in [0, 0.1) is 25.2 Å². The highest BCUT2D eigenvalue weighted by molar-refractivity contribution is 5.34. The van der Waals surface area contributed by atoms with E-state index in [1.807, 2.05) is 0 Å². The van der Waals surface area contributed by atoms with Gasteiger partial charge in [0.25, 0.3) is 0 Å². The summed E-state index contributed by atoms with van der Waals surface area (Å²) in [4.78, 5) is 0. The lowest BCUT2D eigenvalue weighted by molar-refractivity contribution is 0.284. The molecule has 0 spiro atoms. The molecule has 108 valence electrons. The van der Waals surface area contributed by atoms with E-state index in [4.69, 9.17) is 0 Å². The molecule has 0 aliphatic heterocycles. The summed E-state index contributed by atoms with van der Waals surface area (Å²) < 4.78 is 0. The Labute approximate surface area is 119 Å². The van der Waals surface area contributed by atoms with E-state index in [-0.39, 0.29) is 0 Å². The fourth-order valence-corrected chi connectivity index (χ4v) is 2.53. The van der Waals surface area contributed by atoms with Crippen molar-refractivity contribution in [2.24, 2.45) is 11.3 Å². The number of rotatable bonds is 7. The van der Waals surface area contributed by atoms with Gasteiger partial charge < -0.3 is 5.32 Å². The van der Waals surface area contributed by atoms with Crippen LogP contribution in [0.3, 0.4) is 0 Å². The minimum absolute atomic E-state index is 0.353. The molecule has 0 saturated carbocycles. The fourth-order valence-electron chi connectivity index (χ4n) is 2.53. The molecule has 0 radical (unpaired) electrons. The Kier molecular flexibility index (Phi) is 6.06. The Morgan fingerprint density at radius 1 is 1.16 bits per heavy atom. The zero-order valence-electron chi connectivity index (χ0n) is 13.6. The number of nitrogens with one attached hydrogen (secondary N) is 1. The van der Waals surface area contributed by atoms with Gasteiger partial charge in [-0.1, -0.05) is 45.9 Å². The summed E-state index contributed by atoms with van der Waals surface area (Å²) in [5.41, 5.74) is 4.76. The van der Waals surface area contributed by atoms with Gasteiger partial charge in [-0.05, 0) is 61.3 Å². The molecule has 1 atom stereocenters. The summed E-state index contributed by atoms with van der Waals surface area (Å²) in [6, 6.07) is 6.63. The van der Waals surface area contributed by atoms with E-state index in [9.17, 15) is 0 Å². The molecule has 1 aromatic carbocycles. The third-order valence-electron chi connectivity index (χ3n) is 4.21. The van der Waals surface area contributed by atoms with Gasteiger partial charge in [0.1, 0.15) is 0 Å². The van der Waals surface area contributed by atoms with E-state index in [1.165, 1.54) is 29.5 Å². The molecule has 1 aromatic rings. The molecule has 0 bridgehead atoms. The molecule has 0 aromatic heterocycles. The maximum atomic E-state index is 3.64. The molecule has 0 amide bonds. The van der Waals surface area contributed by atoms with E-state index >= 15 is 0 Å². The second-order valence-corrected chi connectivity index (χ2v) is 6.74. The second-order valence-electron chi connectivity index (χ2n) is 6.74. The van der Waals surface area contributed by atoms with E-state index in [0.29, 0.717) is 5.41 Å². The van der Waals surface area contributed by atoms with Gasteiger partial charge in [0.2, 0.25) is 0 Å². The van der Waals surface area contributed by atoms with Crippen LogP contribution >= 0.6 is 0 Å². The van der Waals surface area contributed by atoms with Crippen molar-refractivity contribution < 1.29 is 0 Å². The number of hydrogen-bond acceptors (Lipinski definition) is 1. The van der Waals surface area contributed by atoms with Crippen LogP contribution in [0.2, 0.25) is 0 Å². The zero-order valence-corrected chi connectivity index (χ0v) is 13.6. The molecule has 19 heavy (non-hydrogen) atoms. The smallest absolute Gasteiger partial charge is 0.000836 e. The Balaban J connectivity index is 2.74. The molecule has 1 heteroatoms. The van der Waals surface area contributed by atoms with Crippen molar-refractivity contribution >= 4 is 0 Å². The summed E-state index contributed by atoms with van der Waals surface area (Å²) in [6.45, 7) is 15.9. The minimum atomic E-state index is 0.353. The van der Waals surface area contributed by atoms with Crippen LogP contribution in [0.5, 0.6) is 0 Å². The van der Waals surface area contributed by atoms with Crippen LogP contribution < -0.4 is 5.32 Å². The van der Waals surface area contributed by atoms with Gasteiger partial charge in [0.15, 0.2) is 0 Å². The molecular weight excluding hydrogens is 230 g/mol. The minimum Gasteiger partial charge on any atom is -0.316 e. The van der Waals surface area contributed by atoms with E-state index < -0.39 is 0 Å². The van der Waals surface area contributed by atoms with Crippen LogP contribution in [0.4, 0.5) is 0 Å². The van der Waals surface area contributed by atoms with Crippen LogP contribution in [0.1, 0.15) is 50.8 Å². The Hall–Kier alpha value is -0.820. The first kappa shape index (κ1) is 16.2. The van der Waals surface area contributed by atoms with Gasteiger partial charge in [0.05, 0.1) is 0 Å². The first-order chi connectivity index (χ1) is 8.88. The molecule has 1 N–H and O–H groups in total. The van der Waals surface area contributed by atoms with Crippen molar-refractivity contribution in [1.29, 1.82) is 0 Å². The largest absolute Gasteiger partial charge is 0.316 e. The number of benzene rings is 1. The summed E-state index contributed by atoms with van der Waals surface area (Å²) in [5.74, 6) is 0.723. The van der Waals surface area contributed by atoms with Crippen LogP contribution in [-0.4, -0.2) is 13.1 Å². The molecule has 0 fully saturated rings. The highest BCUT2D eigenvalue weighted by atomic mass is 14.9. The Morgan fingerprint density at radius 3 is 2.21 bits per heavy atom. The summed E-state index contributed by atoms with van der Waals surface area (Å²) in [7, 11) is 0. The van der Waals surface area contributed by atoms with Gasteiger partial charge in [-0.2, -0.15) is 0 Å². The Bertz CT molecular complexity index is 374. The van der Waals surface area contributed by atoms with Crippen molar-refractivity contribution in [1.82, 2.24) is 5.32 Å². The predicted octanol–water partition coefficient (Wildman–Crippen LogP) is 4.51. The average molecular weight is 261 g/mol. The molecule has 0 aliphatic carbocycles. The van der Waals surface area contributed by atoms with Crippen LogP contribution in [0.25, 0.3) is 0 Å². The molecule has 1 unspecified atom stereocenters. The maximum Gasteiger partial charge on any atom is 0.000836 e. The third-order valence-corrected chi connectivity index (χ3v) is 4.21. The molecular formula is C18H31N. The fraction of sp³-hybridized carbons (Fsp3) is 0.667. The van der Waals surface area contributed by atoms with Crippen molar-refractivity contribution in [2.45, 2.75) is 54.4 Å². The molecule has 1 rings (SSSR count). The van der Waals surface area contributed by atoms with Crippen molar-refractivity contribution in [2.75, 3.05) is 13.1 Å². The van der Waals surface area contributed by atoms with Crippen molar-refractivity contribution in [3.63, 3.8) is 0 Å². The highest BCUT2D eigenvalue weighted by Crippen LogP contribution is 2.29. The SMILES string of the molecule is CCC(C)(CNCC(C)C)Cc1c(C)cccc1C. The maximum absolute atomic E-state index is 3.64. The number of aryl methyl sites for hydroxylation is 2. The van der Waals surface area contributed by atoms with E-state index in [1.54, 1.807) is 0 Å². The normalized spacial score (nSPS) is 14.7. The van der Waals surface area contributed by atoms with Crippen molar-refractivity contribution in [3.8, 4) is 0 Å². The highest BCUT2D eigenvalue weighted by Gasteiger charge is 2.23. The van der Waals surface area contributed by atoms with Gasteiger partial charge in [-0.3, -0.25) is 0 Å². The Morgan fingerprint density at radius 2 is 1.74 bits per heavy atom. The van der Waals surface area contributed by atoms with Gasteiger partial charge in [0, 0.05) is 6.54 Å². The quantitative estimate of drug-likeness (QED) is 0.761. The van der Waals surface area contributed by atoms with Gasteiger partial charge in [-0.15, -0.1) is 0 Å². The van der Waals surface area contributed by atoms with Crippen LogP contribution in [0.15, 0.2) is 18.2 Å². The van der Waals surface area contributed by atoms with Gasteiger partial charge in [-0.25, -0.2) is 0 Å². The third kappa shape index (κ3) is 4.99. The zero-order chi connectivity index (χ0) is 14.5. The lowest BCUT2D eigenvalue weighted by atomic mass is 9.79. The first-order valence-electron chi connectivity index (χ1n) is 7.64. The monoisotopic (exact) mass is 261 g/mol. The summed E-state index contributed by atoms with van der Waals surface area (Å²) >= 11 is 0. The average Bonchev–Trinajstić information content (AvgIpc) is 2.34. The topological polar surface area (TPSA) is 12.0 Å². The molecule has 0 saturated heterocycles. The van der Waals surface area contributed by atoms with E-state index in [0.717, 1.165) is 19.0 Å². The van der Waals surface area contributed by atoms with Gasteiger partial charge >= 0.3 is 0 Å². The summed E-state index contributed by atoms with van der Waals surface area (Å²) in [6.07, 6.45) is 2.39. The van der Waals surface area contributed by atoms with Crippen molar-refractivity contribution in [3.05, 3.63) is 34.9 Å². The van der Waals surface area contributed by atoms with E-state index in [2.05, 4.69) is 65.1 Å². The molecule has 0 heterocycles. The standard InChI is InChI=1S/C18H31N/c1-7-18(6,13-19-12-14(2)3)11-17-15(4)9-8-10-16(17)5/h8-10,14,19H,7,11-13H2,1-6H3. The predicted molar refractivity (Wildman–Crippen MR) is 85.7 cm³/mol. The second kappa shape index (κ2) is 7.09. The number of hydrogen-bond donors (Lipinski definition) is 1. The molecule has 1 nitrogen and oxygen atoms in total. The summed E-state index contributed by atoms with van der Waals surface area (Å²) in [5, 5.41) is 3.64.